The van der Waals surface area contributed by atoms with Crippen LogP contribution < -0.4 is 0 Å². The zero-order chi connectivity index (χ0) is 8.72. The molecule has 0 aliphatic carbocycles. The summed E-state index contributed by atoms with van der Waals surface area (Å²) in [6.07, 6.45) is 1.81. The predicted molar refractivity (Wildman–Crippen MR) is 56.0 cm³/mol. The molecule has 0 saturated heterocycles. The summed E-state index contributed by atoms with van der Waals surface area (Å²) in [4.78, 5) is 4.26. The summed E-state index contributed by atoms with van der Waals surface area (Å²) < 4.78 is 2.83. The highest BCUT2D eigenvalue weighted by Crippen LogP contribution is 2.20. The van der Waals surface area contributed by atoms with Crippen molar-refractivity contribution < 1.29 is 0 Å². The van der Waals surface area contributed by atoms with Crippen LogP contribution in [0, 0.1) is 10.6 Å². The Labute approximate surface area is 83.9 Å². The van der Waals surface area contributed by atoms with Gasteiger partial charge in [-0.3, -0.25) is 0 Å². The van der Waals surface area contributed by atoms with E-state index < -0.39 is 0 Å². The number of rotatable bonds is 0. The number of pyridine rings is 1. The number of fused-ring (bicyclic) bond motifs is 1. The fourth-order valence-corrected chi connectivity index (χ4v) is 2.26. The second-order valence-electron chi connectivity index (χ2n) is 2.74. The molecule has 12 heavy (non-hydrogen) atoms. The van der Waals surface area contributed by atoms with Crippen molar-refractivity contribution >= 4 is 33.6 Å². The fourth-order valence-electron chi connectivity index (χ4n) is 1.27. The smallest absolute Gasteiger partial charge is 0.158 e. The van der Waals surface area contributed by atoms with Crippen LogP contribution in [0.2, 0.25) is 0 Å². The molecule has 0 atom stereocenters. The first kappa shape index (κ1) is 7.97. The lowest BCUT2D eigenvalue weighted by atomic mass is 10.2. The van der Waals surface area contributed by atoms with Crippen molar-refractivity contribution in [1.29, 1.82) is 0 Å². The van der Waals surface area contributed by atoms with Crippen LogP contribution in [0.15, 0.2) is 12.3 Å². The number of hydrogen-bond donors (Lipinski definition) is 0. The summed E-state index contributed by atoms with van der Waals surface area (Å²) in [5.74, 6) is 0. The van der Waals surface area contributed by atoms with Gasteiger partial charge in [-0.25, -0.2) is 9.67 Å². The molecule has 2 aromatic rings. The fraction of sp³-hybridized carbons (Fsp3) is 0.250. The first-order valence-corrected chi connectivity index (χ1v) is 4.72. The molecule has 0 amide bonds. The molecule has 0 radical (unpaired) electrons. The maximum absolute atomic E-state index is 4.29. The highest BCUT2D eigenvalue weighted by Gasteiger charge is 2.07. The third-order valence-electron chi connectivity index (χ3n) is 1.89. The Morgan fingerprint density at radius 2 is 2.25 bits per heavy atom. The van der Waals surface area contributed by atoms with Crippen molar-refractivity contribution in [2.45, 2.75) is 6.92 Å². The summed E-state index contributed by atoms with van der Waals surface area (Å²) >= 11 is 2.23. The Kier molecular flexibility index (Phi) is 1.79. The van der Waals surface area contributed by atoms with E-state index in [0.717, 1.165) is 9.35 Å². The van der Waals surface area contributed by atoms with E-state index in [4.69, 9.17) is 0 Å². The van der Waals surface area contributed by atoms with E-state index in [1.807, 2.05) is 24.0 Å². The molecule has 2 aromatic heterocycles. The van der Waals surface area contributed by atoms with Gasteiger partial charge in [0, 0.05) is 13.2 Å². The monoisotopic (exact) mass is 273 g/mol. The van der Waals surface area contributed by atoms with Gasteiger partial charge in [-0.05, 0) is 41.1 Å². The van der Waals surface area contributed by atoms with Gasteiger partial charge in [0.2, 0.25) is 0 Å². The van der Waals surface area contributed by atoms with Gasteiger partial charge in [-0.1, -0.05) is 0 Å². The summed E-state index contributed by atoms with van der Waals surface area (Å²) in [5.41, 5.74) is 2.19. The molecule has 0 fully saturated rings. The first-order valence-electron chi connectivity index (χ1n) is 3.64. The number of halogens is 1. The zero-order valence-electron chi connectivity index (χ0n) is 6.87. The van der Waals surface area contributed by atoms with Crippen molar-refractivity contribution in [3.8, 4) is 0 Å². The molecule has 2 heterocycles. The molecule has 3 nitrogen and oxygen atoms in total. The quantitative estimate of drug-likeness (QED) is 0.686. The zero-order valence-corrected chi connectivity index (χ0v) is 9.03. The maximum Gasteiger partial charge on any atom is 0.158 e. The van der Waals surface area contributed by atoms with Gasteiger partial charge in [-0.2, -0.15) is 5.10 Å². The van der Waals surface area contributed by atoms with Crippen molar-refractivity contribution in [2.24, 2.45) is 7.05 Å². The summed E-state index contributed by atoms with van der Waals surface area (Å²) in [6.45, 7) is 2.08. The summed E-state index contributed by atoms with van der Waals surface area (Å²) in [5, 5.41) is 5.46. The lowest BCUT2D eigenvalue weighted by molar-refractivity contribution is 0.777. The molecule has 0 aromatic carbocycles. The molecule has 0 N–H and O–H groups in total. The molecular weight excluding hydrogens is 265 g/mol. The summed E-state index contributed by atoms with van der Waals surface area (Å²) in [6, 6.07) is 2.01. The van der Waals surface area contributed by atoms with Gasteiger partial charge < -0.3 is 0 Å². The molecule has 2 rings (SSSR count). The summed E-state index contributed by atoms with van der Waals surface area (Å²) in [7, 11) is 1.91. The van der Waals surface area contributed by atoms with Crippen LogP contribution in [0.25, 0.3) is 11.0 Å². The number of nitrogens with zero attached hydrogens (tertiary/aromatic N) is 3. The van der Waals surface area contributed by atoms with Gasteiger partial charge >= 0.3 is 0 Å². The van der Waals surface area contributed by atoms with Crippen LogP contribution in [-0.4, -0.2) is 14.8 Å². The molecule has 0 aliphatic heterocycles. The Hall–Kier alpha value is -0.650. The topological polar surface area (TPSA) is 30.7 Å². The molecule has 0 saturated carbocycles. The molecule has 62 valence electrons. The minimum absolute atomic E-state index is 0.958. The van der Waals surface area contributed by atoms with Gasteiger partial charge in [-0.15, -0.1) is 0 Å². The minimum Gasteiger partial charge on any atom is -0.249 e. The Bertz CT molecular complexity index is 433. The second-order valence-corrected chi connectivity index (χ2v) is 3.76. The van der Waals surface area contributed by atoms with Crippen molar-refractivity contribution in [3.63, 3.8) is 0 Å². The predicted octanol–water partition coefficient (Wildman–Crippen LogP) is 1.88. The van der Waals surface area contributed by atoms with E-state index in [-0.39, 0.29) is 0 Å². The SMILES string of the molecule is Cc1ccnc2c1c(I)nn2C. The molecule has 0 aliphatic rings. The van der Waals surface area contributed by atoms with E-state index in [1.54, 1.807) is 0 Å². The molecule has 0 bridgehead atoms. The second kappa shape index (κ2) is 2.69. The Morgan fingerprint density at radius 3 is 2.92 bits per heavy atom. The van der Waals surface area contributed by atoms with Crippen LogP contribution in [0.5, 0.6) is 0 Å². The van der Waals surface area contributed by atoms with Gasteiger partial charge in [0.05, 0.1) is 5.39 Å². The molecule has 4 heteroatoms. The lowest BCUT2D eigenvalue weighted by Crippen LogP contribution is -1.91. The third-order valence-corrected chi connectivity index (χ3v) is 2.65. The van der Waals surface area contributed by atoms with Crippen molar-refractivity contribution in [1.82, 2.24) is 14.8 Å². The first-order chi connectivity index (χ1) is 5.70. The highest BCUT2D eigenvalue weighted by molar-refractivity contribution is 14.1. The molecule has 0 unspecified atom stereocenters. The Balaban J connectivity index is 2.99. The standard InChI is InChI=1S/C8H8IN3/c1-5-3-4-10-8-6(5)7(9)11-12(8)2/h3-4H,1-2H3. The number of aryl methyl sites for hydroxylation is 2. The largest absolute Gasteiger partial charge is 0.249 e. The average molecular weight is 273 g/mol. The third kappa shape index (κ3) is 1.01. The number of hydrogen-bond acceptors (Lipinski definition) is 2. The molecular formula is C8H8IN3. The van der Waals surface area contributed by atoms with Crippen LogP contribution in [0.1, 0.15) is 5.56 Å². The van der Waals surface area contributed by atoms with Crippen LogP contribution >= 0.6 is 22.6 Å². The Morgan fingerprint density at radius 1 is 1.50 bits per heavy atom. The average Bonchev–Trinajstić information content (AvgIpc) is 2.29. The van der Waals surface area contributed by atoms with Crippen molar-refractivity contribution in [2.75, 3.05) is 0 Å². The van der Waals surface area contributed by atoms with Gasteiger partial charge in [0.15, 0.2) is 5.65 Å². The maximum atomic E-state index is 4.29. The molecule has 0 spiro atoms. The van der Waals surface area contributed by atoms with E-state index in [1.165, 1.54) is 10.9 Å². The van der Waals surface area contributed by atoms with Crippen LogP contribution in [-0.2, 0) is 7.05 Å². The normalized spacial score (nSPS) is 10.9. The highest BCUT2D eigenvalue weighted by atomic mass is 127. The van der Waals surface area contributed by atoms with Crippen LogP contribution in [0.4, 0.5) is 0 Å². The van der Waals surface area contributed by atoms with E-state index >= 15 is 0 Å². The van der Waals surface area contributed by atoms with E-state index in [0.29, 0.717) is 0 Å². The lowest BCUT2D eigenvalue weighted by Gasteiger charge is -1.94. The van der Waals surface area contributed by atoms with E-state index in [2.05, 4.69) is 39.6 Å². The minimum atomic E-state index is 0.958. The van der Waals surface area contributed by atoms with E-state index in [9.17, 15) is 0 Å². The number of aromatic nitrogens is 3. The van der Waals surface area contributed by atoms with Gasteiger partial charge in [0.1, 0.15) is 3.70 Å². The van der Waals surface area contributed by atoms with Crippen LogP contribution in [0.3, 0.4) is 0 Å². The van der Waals surface area contributed by atoms with Gasteiger partial charge in [0.25, 0.3) is 0 Å². The van der Waals surface area contributed by atoms with Crippen molar-refractivity contribution in [3.05, 3.63) is 21.5 Å².